The Morgan fingerprint density at radius 2 is 1.85 bits per heavy atom. The largest absolute Gasteiger partial charge is 0.465 e. The van der Waals surface area contributed by atoms with E-state index >= 15 is 0 Å². The third-order valence-corrected chi connectivity index (χ3v) is 4.62. The van der Waals surface area contributed by atoms with Crippen molar-refractivity contribution in [3.63, 3.8) is 0 Å². The zero-order valence-corrected chi connectivity index (χ0v) is 12.9. The first kappa shape index (κ1) is 17.2. The minimum atomic E-state index is -0.809. The lowest BCUT2D eigenvalue weighted by atomic mass is 9.83. The zero-order chi connectivity index (χ0) is 15.0. The Hall–Kier alpha value is -0.810. The third-order valence-electron chi connectivity index (χ3n) is 4.62. The van der Waals surface area contributed by atoms with Crippen molar-refractivity contribution in [3.8, 4) is 0 Å². The van der Waals surface area contributed by atoms with Crippen LogP contribution < -0.4 is 0 Å². The molecular formula is C15H30N2O3. The number of amides is 1. The van der Waals surface area contributed by atoms with E-state index in [0.29, 0.717) is 0 Å². The normalized spacial score (nSPS) is 23.0. The van der Waals surface area contributed by atoms with Crippen LogP contribution in [0.1, 0.15) is 45.4 Å². The molecule has 0 atom stereocenters. The van der Waals surface area contributed by atoms with Crippen LogP contribution in [0.15, 0.2) is 0 Å². The Kier molecular flexibility index (Phi) is 7.92. The predicted octanol–water partition coefficient (Wildman–Crippen LogP) is 2.25. The van der Waals surface area contributed by atoms with E-state index < -0.39 is 6.09 Å². The Bertz CT molecular complexity index is 278. The van der Waals surface area contributed by atoms with Crippen LogP contribution in [0.25, 0.3) is 0 Å². The maximum absolute atomic E-state index is 10.9. The smallest absolute Gasteiger partial charge is 0.407 e. The number of aliphatic hydroxyl groups excluding tert-OH is 1. The molecule has 1 amide bonds. The molecule has 20 heavy (non-hydrogen) atoms. The lowest BCUT2D eigenvalue weighted by molar-refractivity contribution is 0.117. The zero-order valence-electron chi connectivity index (χ0n) is 12.9. The van der Waals surface area contributed by atoms with Gasteiger partial charge >= 0.3 is 6.09 Å². The molecule has 1 saturated carbocycles. The van der Waals surface area contributed by atoms with Gasteiger partial charge in [0.15, 0.2) is 0 Å². The summed E-state index contributed by atoms with van der Waals surface area (Å²) < 4.78 is 0. The predicted molar refractivity (Wildman–Crippen MR) is 80.0 cm³/mol. The molecule has 2 N–H and O–H groups in total. The van der Waals surface area contributed by atoms with Crippen molar-refractivity contribution in [1.82, 2.24) is 9.80 Å². The molecule has 1 aliphatic rings. The van der Waals surface area contributed by atoms with E-state index in [9.17, 15) is 4.79 Å². The maximum atomic E-state index is 10.9. The van der Waals surface area contributed by atoms with Crippen LogP contribution in [-0.2, 0) is 0 Å². The number of hydrogen-bond acceptors (Lipinski definition) is 3. The molecule has 0 saturated heterocycles. The van der Waals surface area contributed by atoms with E-state index in [1.807, 2.05) is 0 Å². The van der Waals surface area contributed by atoms with E-state index in [4.69, 9.17) is 10.2 Å². The van der Waals surface area contributed by atoms with Gasteiger partial charge < -0.3 is 20.0 Å². The molecule has 0 aromatic heterocycles. The number of nitrogens with zero attached hydrogens (tertiary/aromatic N) is 2. The molecule has 5 nitrogen and oxygen atoms in total. The lowest BCUT2D eigenvalue weighted by Crippen LogP contribution is -2.38. The van der Waals surface area contributed by atoms with Crippen molar-refractivity contribution in [2.24, 2.45) is 5.92 Å². The van der Waals surface area contributed by atoms with Crippen molar-refractivity contribution in [2.75, 3.05) is 33.3 Å². The number of hydrogen-bond donors (Lipinski definition) is 2. The first-order valence-electron chi connectivity index (χ1n) is 7.87. The molecule has 0 spiro atoms. The summed E-state index contributed by atoms with van der Waals surface area (Å²) in [6.45, 7) is 5.19. The van der Waals surface area contributed by atoms with Gasteiger partial charge in [-0.2, -0.15) is 0 Å². The molecule has 0 unspecified atom stereocenters. The molecule has 1 fully saturated rings. The summed E-state index contributed by atoms with van der Waals surface area (Å²) in [5.41, 5.74) is 0. The van der Waals surface area contributed by atoms with Crippen LogP contribution in [0.5, 0.6) is 0 Å². The topological polar surface area (TPSA) is 64.0 Å². The second-order valence-electron chi connectivity index (χ2n) is 5.87. The molecular weight excluding hydrogens is 256 g/mol. The van der Waals surface area contributed by atoms with Gasteiger partial charge in [0.25, 0.3) is 0 Å². The van der Waals surface area contributed by atoms with E-state index in [1.165, 1.54) is 17.7 Å². The van der Waals surface area contributed by atoms with Crippen LogP contribution in [0, 0.1) is 5.92 Å². The van der Waals surface area contributed by atoms with Gasteiger partial charge in [-0.25, -0.2) is 4.79 Å². The summed E-state index contributed by atoms with van der Waals surface area (Å²) in [5, 5.41) is 17.9. The highest BCUT2D eigenvalue weighted by Gasteiger charge is 2.25. The van der Waals surface area contributed by atoms with Crippen LogP contribution in [0.4, 0.5) is 4.79 Å². The molecule has 0 aliphatic heterocycles. The Balaban J connectivity index is 2.18. The van der Waals surface area contributed by atoms with Gasteiger partial charge in [0.2, 0.25) is 0 Å². The summed E-state index contributed by atoms with van der Waals surface area (Å²) in [5.74, 6) is 0.751. The number of carbonyl (C=O) groups is 1. The van der Waals surface area contributed by atoms with Crippen molar-refractivity contribution in [3.05, 3.63) is 0 Å². The maximum Gasteiger partial charge on any atom is 0.407 e. The molecule has 5 heteroatoms. The average Bonchev–Trinajstić information content (AvgIpc) is 2.46. The fourth-order valence-electron chi connectivity index (χ4n) is 3.15. The SMILES string of the molecule is CCN(CCO)CCC[C@H]1CC[C@H](N(C)C(=O)O)CC1. The minimum Gasteiger partial charge on any atom is -0.465 e. The number of carboxylic acid groups (broad SMARTS) is 1. The second-order valence-corrected chi connectivity index (χ2v) is 5.87. The molecule has 0 heterocycles. The molecule has 0 bridgehead atoms. The molecule has 118 valence electrons. The fraction of sp³-hybridized carbons (Fsp3) is 0.933. The second kappa shape index (κ2) is 9.19. The van der Waals surface area contributed by atoms with Gasteiger partial charge in [0.1, 0.15) is 0 Å². The minimum absolute atomic E-state index is 0.213. The molecule has 0 aromatic carbocycles. The van der Waals surface area contributed by atoms with Gasteiger partial charge in [-0.3, -0.25) is 0 Å². The Morgan fingerprint density at radius 1 is 1.20 bits per heavy atom. The highest BCUT2D eigenvalue weighted by atomic mass is 16.4. The molecule has 1 rings (SSSR count). The van der Waals surface area contributed by atoms with E-state index in [-0.39, 0.29) is 12.6 Å². The highest BCUT2D eigenvalue weighted by Crippen LogP contribution is 2.30. The van der Waals surface area contributed by atoms with Crippen LogP contribution in [0.3, 0.4) is 0 Å². The van der Waals surface area contributed by atoms with Crippen LogP contribution in [-0.4, -0.2) is 65.4 Å². The monoisotopic (exact) mass is 286 g/mol. The lowest BCUT2D eigenvalue weighted by Gasteiger charge is -2.33. The highest BCUT2D eigenvalue weighted by molar-refractivity contribution is 5.64. The third kappa shape index (κ3) is 5.67. The van der Waals surface area contributed by atoms with E-state index in [2.05, 4.69) is 11.8 Å². The fourth-order valence-corrected chi connectivity index (χ4v) is 3.15. The first-order valence-corrected chi connectivity index (χ1v) is 7.87. The van der Waals surface area contributed by atoms with Gasteiger partial charge in [-0.15, -0.1) is 0 Å². The number of likely N-dealkylation sites (N-methyl/N-ethyl adjacent to an activating group) is 1. The summed E-state index contributed by atoms with van der Waals surface area (Å²) >= 11 is 0. The van der Waals surface area contributed by atoms with Crippen LogP contribution >= 0.6 is 0 Å². The van der Waals surface area contributed by atoms with Gasteiger partial charge in [-0.1, -0.05) is 6.92 Å². The quantitative estimate of drug-likeness (QED) is 0.718. The van der Waals surface area contributed by atoms with Crippen molar-refractivity contribution >= 4 is 6.09 Å². The van der Waals surface area contributed by atoms with Crippen molar-refractivity contribution < 1.29 is 15.0 Å². The van der Waals surface area contributed by atoms with Crippen LogP contribution in [0.2, 0.25) is 0 Å². The van der Waals surface area contributed by atoms with E-state index in [0.717, 1.165) is 51.2 Å². The molecule has 1 aliphatic carbocycles. The Morgan fingerprint density at radius 3 is 2.35 bits per heavy atom. The van der Waals surface area contributed by atoms with Crippen molar-refractivity contribution in [1.29, 1.82) is 0 Å². The van der Waals surface area contributed by atoms with E-state index in [1.54, 1.807) is 7.05 Å². The molecule has 0 aromatic rings. The Labute approximate surface area is 122 Å². The summed E-state index contributed by atoms with van der Waals surface area (Å²) in [6.07, 6.45) is 5.89. The van der Waals surface area contributed by atoms with Crippen molar-refractivity contribution in [2.45, 2.75) is 51.5 Å². The summed E-state index contributed by atoms with van der Waals surface area (Å²) in [4.78, 5) is 14.7. The first-order chi connectivity index (χ1) is 9.58. The number of aliphatic hydroxyl groups is 1. The van der Waals surface area contributed by atoms with Gasteiger partial charge in [0, 0.05) is 19.6 Å². The average molecular weight is 286 g/mol. The summed E-state index contributed by atoms with van der Waals surface area (Å²) in [6, 6.07) is 0.213. The summed E-state index contributed by atoms with van der Waals surface area (Å²) in [7, 11) is 1.68. The molecule has 0 radical (unpaired) electrons. The standard InChI is InChI=1S/C15H30N2O3/c1-3-17(11-12-18)10-4-5-13-6-8-14(9-7-13)16(2)15(19)20/h13-14,18H,3-12H2,1-2H3,(H,19,20)/t13-,14-. The number of rotatable bonds is 8. The van der Waals surface area contributed by atoms with Gasteiger partial charge in [-0.05, 0) is 57.5 Å². The van der Waals surface area contributed by atoms with Gasteiger partial charge in [0.05, 0.1) is 6.61 Å².